The van der Waals surface area contributed by atoms with Crippen molar-refractivity contribution in [2.24, 2.45) is 5.73 Å². The first-order valence-corrected chi connectivity index (χ1v) is 6.87. The minimum atomic E-state index is -0.565. The Morgan fingerprint density at radius 2 is 2.15 bits per heavy atom. The number of morpholine rings is 1. The Morgan fingerprint density at radius 3 is 2.70 bits per heavy atom. The maximum atomic E-state index is 5.96. The molecule has 0 amide bonds. The summed E-state index contributed by atoms with van der Waals surface area (Å²) in [5.74, 6) is 1.18. The largest absolute Gasteiger partial charge is 0.376 e. The van der Waals surface area contributed by atoms with Crippen LogP contribution in [0.5, 0.6) is 0 Å². The summed E-state index contributed by atoms with van der Waals surface area (Å²) >= 11 is 0. The Balaban J connectivity index is 0.00000200. The highest BCUT2D eigenvalue weighted by Crippen LogP contribution is 2.18. The van der Waals surface area contributed by atoms with Gasteiger partial charge in [-0.1, -0.05) is 12.1 Å². The summed E-state index contributed by atoms with van der Waals surface area (Å²) in [5.41, 5.74) is 5.39. The monoisotopic (exact) mass is 304 g/mol. The van der Waals surface area contributed by atoms with E-state index in [2.05, 4.69) is 28.9 Å². The van der Waals surface area contributed by atoms with Gasteiger partial charge in [0.2, 0.25) is 5.89 Å². The molecule has 1 saturated heterocycles. The zero-order valence-corrected chi connectivity index (χ0v) is 13.4. The van der Waals surface area contributed by atoms with Crippen LogP contribution < -0.4 is 5.73 Å². The van der Waals surface area contributed by atoms with Gasteiger partial charge in [0.15, 0.2) is 5.82 Å². The number of ether oxygens (including phenoxy) is 1. The molecule has 2 rings (SSSR count). The predicted molar refractivity (Wildman–Crippen MR) is 78.7 cm³/mol. The molecule has 7 heteroatoms. The van der Waals surface area contributed by atoms with Crippen LogP contribution in [0.4, 0.5) is 0 Å². The predicted octanol–water partition coefficient (Wildman–Crippen LogP) is 1.68. The van der Waals surface area contributed by atoms with E-state index in [1.165, 1.54) is 0 Å². The molecule has 1 aromatic heterocycles. The highest BCUT2D eigenvalue weighted by molar-refractivity contribution is 5.85. The number of nitrogens with two attached hydrogens (primary N) is 1. The Morgan fingerprint density at radius 1 is 1.45 bits per heavy atom. The molecule has 0 radical (unpaired) electrons. The third-order valence-corrected chi connectivity index (χ3v) is 3.44. The number of rotatable bonds is 4. The van der Waals surface area contributed by atoms with E-state index >= 15 is 0 Å². The van der Waals surface area contributed by atoms with Crippen LogP contribution in [0.3, 0.4) is 0 Å². The van der Waals surface area contributed by atoms with Crippen LogP contribution in [0, 0.1) is 0 Å². The lowest BCUT2D eigenvalue weighted by Gasteiger charge is -2.37. The fourth-order valence-corrected chi connectivity index (χ4v) is 2.24. The van der Waals surface area contributed by atoms with Gasteiger partial charge in [0.05, 0.1) is 24.8 Å². The highest BCUT2D eigenvalue weighted by Gasteiger charge is 2.28. The van der Waals surface area contributed by atoms with E-state index in [0.717, 1.165) is 19.6 Å². The standard InChI is InChI=1S/C13H24N4O2.ClH/c1-5-10-8-18-9(2)6-17(10)7-11-15-12(16-19-11)13(3,4)14;/h9-10H,5-8,14H2,1-4H3;1H. The van der Waals surface area contributed by atoms with E-state index in [1.54, 1.807) is 0 Å². The van der Waals surface area contributed by atoms with Crippen molar-refractivity contribution < 1.29 is 9.26 Å². The average molecular weight is 305 g/mol. The molecule has 1 aliphatic rings. The quantitative estimate of drug-likeness (QED) is 0.912. The number of hydrogen-bond acceptors (Lipinski definition) is 6. The first kappa shape index (κ1) is 17.4. The Hall–Kier alpha value is -0.690. The Kier molecular flexibility index (Phi) is 5.94. The molecule has 0 aliphatic carbocycles. The van der Waals surface area contributed by atoms with E-state index in [-0.39, 0.29) is 18.5 Å². The van der Waals surface area contributed by atoms with Gasteiger partial charge in [-0.3, -0.25) is 4.90 Å². The molecule has 2 unspecified atom stereocenters. The van der Waals surface area contributed by atoms with Gasteiger partial charge in [0.1, 0.15) is 0 Å². The number of nitrogens with zero attached hydrogens (tertiary/aromatic N) is 3. The number of hydrogen-bond donors (Lipinski definition) is 1. The zero-order valence-electron chi connectivity index (χ0n) is 12.6. The molecule has 2 N–H and O–H groups in total. The van der Waals surface area contributed by atoms with E-state index in [9.17, 15) is 0 Å². The van der Waals surface area contributed by atoms with Crippen LogP contribution in [0.15, 0.2) is 4.52 Å². The van der Waals surface area contributed by atoms with E-state index < -0.39 is 5.54 Å². The molecule has 1 aromatic rings. The fraction of sp³-hybridized carbons (Fsp3) is 0.846. The van der Waals surface area contributed by atoms with Crippen LogP contribution in [0.25, 0.3) is 0 Å². The molecule has 20 heavy (non-hydrogen) atoms. The summed E-state index contributed by atoms with van der Waals surface area (Å²) in [6.45, 7) is 10.3. The molecular formula is C13H25ClN4O2. The lowest BCUT2D eigenvalue weighted by atomic mass is 10.1. The number of halogens is 1. The van der Waals surface area contributed by atoms with Crippen molar-refractivity contribution in [1.82, 2.24) is 15.0 Å². The van der Waals surface area contributed by atoms with Crippen LogP contribution in [0.2, 0.25) is 0 Å². The summed E-state index contributed by atoms with van der Waals surface area (Å²) in [7, 11) is 0. The van der Waals surface area contributed by atoms with Crippen molar-refractivity contribution in [1.29, 1.82) is 0 Å². The minimum absolute atomic E-state index is 0. The molecular weight excluding hydrogens is 280 g/mol. The molecule has 0 aromatic carbocycles. The average Bonchev–Trinajstić information content (AvgIpc) is 2.77. The van der Waals surface area contributed by atoms with E-state index in [0.29, 0.717) is 24.3 Å². The second-order valence-electron chi connectivity index (χ2n) is 5.87. The summed E-state index contributed by atoms with van der Waals surface area (Å²) in [4.78, 5) is 6.73. The topological polar surface area (TPSA) is 77.4 Å². The maximum Gasteiger partial charge on any atom is 0.240 e. The lowest BCUT2D eigenvalue weighted by molar-refractivity contribution is -0.0620. The Bertz CT molecular complexity index is 419. The molecule has 2 atom stereocenters. The molecule has 6 nitrogen and oxygen atoms in total. The van der Waals surface area contributed by atoms with Crippen LogP contribution in [0.1, 0.15) is 45.8 Å². The number of aromatic nitrogens is 2. The van der Waals surface area contributed by atoms with Gasteiger partial charge in [-0.25, -0.2) is 0 Å². The van der Waals surface area contributed by atoms with Crippen LogP contribution in [-0.2, 0) is 16.8 Å². The third kappa shape index (κ3) is 4.15. The summed E-state index contributed by atoms with van der Waals surface area (Å²) in [6.07, 6.45) is 1.30. The van der Waals surface area contributed by atoms with Gasteiger partial charge in [0.25, 0.3) is 0 Å². The van der Waals surface area contributed by atoms with Gasteiger partial charge in [-0.2, -0.15) is 4.98 Å². The van der Waals surface area contributed by atoms with Gasteiger partial charge in [-0.05, 0) is 27.2 Å². The van der Waals surface area contributed by atoms with Crippen molar-refractivity contribution in [3.05, 3.63) is 11.7 Å². The second kappa shape index (κ2) is 6.85. The molecule has 0 bridgehead atoms. The maximum absolute atomic E-state index is 5.96. The molecule has 0 saturated carbocycles. The molecule has 1 fully saturated rings. The first-order chi connectivity index (χ1) is 8.90. The normalized spacial score (nSPS) is 24.4. The first-order valence-electron chi connectivity index (χ1n) is 6.87. The van der Waals surface area contributed by atoms with Gasteiger partial charge in [-0.15, -0.1) is 12.4 Å². The SMILES string of the molecule is CCC1COC(C)CN1Cc1nc(C(C)(C)N)no1.Cl. The molecule has 1 aliphatic heterocycles. The Labute approximate surface area is 126 Å². The van der Waals surface area contributed by atoms with Crippen molar-refractivity contribution in [2.75, 3.05) is 13.2 Å². The van der Waals surface area contributed by atoms with Crippen molar-refractivity contribution >= 4 is 12.4 Å². The van der Waals surface area contributed by atoms with Gasteiger partial charge in [0, 0.05) is 12.6 Å². The molecule has 2 heterocycles. The van der Waals surface area contributed by atoms with Gasteiger partial charge >= 0.3 is 0 Å². The van der Waals surface area contributed by atoms with Crippen molar-refractivity contribution in [3.8, 4) is 0 Å². The third-order valence-electron chi connectivity index (χ3n) is 3.44. The van der Waals surface area contributed by atoms with E-state index in [4.69, 9.17) is 15.0 Å². The van der Waals surface area contributed by atoms with Crippen LogP contribution >= 0.6 is 12.4 Å². The van der Waals surface area contributed by atoms with Crippen LogP contribution in [-0.4, -0.2) is 40.3 Å². The molecule has 0 spiro atoms. The summed E-state index contributed by atoms with van der Waals surface area (Å²) in [5, 5.41) is 3.95. The smallest absolute Gasteiger partial charge is 0.240 e. The van der Waals surface area contributed by atoms with Crippen molar-refractivity contribution in [3.63, 3.8) is 0 Å². The fourth-order valence-electron chi connectivity index (χ4n) is 2.24. The van der Waals surface area contributed by atoms with Crippen molar-refractivity contribution in [2.45, 2.75) is 58.3 Å². The molecule has 116 valence electrons. The lowest BCUT2D eigenvalue weighted by Crippen LogP contribution is -2.47. The zero-order chi connectivity index (χ0) is 14.0. The van der Waals surface area contributed by atoms with Gasteiger partial charge < -0.3 is 15.0 Å². The highest BCUT2D eigenvalue weighted by atomic mass is 35.5. The summed E-state index contributed by atoms with van der Waals surface area (Å²) < 4.78 is 11.0. The van der Waals surface area contributed by atoms with E-state index in [1.807, 2.05) is 13.8 Å². The minimum Gasteiger partial charge on any atom is -0.376 e. The second-order valence-corrected chi connectivity index (χ2v) is 5.87. The summed E-state index contributed by atoms with van der Waals surface area (Å²) in [6, 6.07) is 0.414.